The summed E-state index contributed by atoms with van der Waals surface area (Å²) in [6, 6.07) is 7.78. The van der Waals surface area contributed by atoms with E-state index in [0.717, 1.165) is 24.2 Å². The lowest BCUT2D eigenvalue weighted by atomic mass is 9.96. The molecule has 0 bridgehead atoms. The number of hydrogen-bond acceptors (Lipinski definition) is 4. The molecular weight excluding hydrogens is 254 g/mol. The van der Waals surface area contributed by atoms with Crippen LogP contribution in [-0.4, -0.2) is 35.0 Å². The maximum Gasteiger partial charge on any atom is 0.119 e. The van der Waals surface area contributed by atoms with Crippen molar-refractivity contribution in [3.8, 4) is 5.75 Å². The minimum absolute atomic E-state index is 0.0516. The van der Waals surface area contributed by atoms with Gasteiger partial charge in [0.15, 0.2) is 0 Å². The Morgan fingerprint density at radius 2 is 1.85 bits per heavy atom. The van der Waals surface area contributed by atoms with E-state index in [1.807, 2.05) is 31.2 Å². The Morgan fingerprint density at radius 1 is 1.20 bits per heavy atom. The molecule has 3 N–H and O–H groups in total. The van der Waals surface area contributed by atoms with Gasteiger partial charge in [0.2, 0.25) is 0 Å². The van der Waals surface area contributed by atoms with E-state index < -0.39 is 0 Å². The quantitative estimate of drug-likeness (QED) is 0.607. The Morgan fingerprint density at radius 3 is 2.35 bits per heavy atom. The zero-order chi connectivity index (χ0) is 15.0. The predicted octanol–water partition coefficient (Wildman–Crippen LogP) is 2.09. The molecule has 0 aliphatic rings. The van der Waals surface area contributed by atoms with Crippen LogP contribution in [0.15, 0.2) is 24.3 Å². The molecule has 1 atom stereocenters. The molecule has 0 fully saturated rings. The van der Waals surface area contributed by atoms with Gasteiger partial charge in [0.25, 0.3) is 0 Å². The van der Waals surface area contributed by atoms with E-state index in [1.165, 1.54) is 0 Å². The Balaban J connectivity index is 2.32. The number of nitrogens with one attached hydrogen (secondary N) is 1. The highest BCUT2D eigenvalue weighted by molar-refractivity contribution is 5.26. The van der Waals surface area contributed by atoms with E-state index in [2.05, 4.69) is 19.2 Å². The molecule has 0 saturated carbocycles. The molecule has 0 spiro atoms. The smallest absolute Gasteiger partial charge is 0.119 e. The van der Waals surface area contributed by atoms with E-state index in [0.29, 0.717) is 12.6 Å². The zero-order valence-electron chi connectivity index (χ0n) is 12.7. The molecule has 0 aromatic heterocycles. The van der Waals surface area contributed by atoms with Gasteiger partial charge in [-0.05, 0) is 37.5 Å². The minimum Gasteiger partial charge on any atom is -0.494 e. The van der Waals surface area contributed by atoms with E-state index in [-0.39, 0.29) is 18.8 Å². The molecule has 20 heavy (non-hydrogen) atoms. The summed E-state index contributed by atoms with van der Waals surface area (Å²) in [5.74, 6) is 0.810. The van der Waals surface area contributed by atoms with E-state index >= 15 is 0 Å². The van der Waals surface area contributed by atoms with Gasteiger partial charge >= 0.3 is 0 Å². The molecule has 4 nitrogen and oxygen atoms in total. The second-order valence-electron chi connectivity index (χ2n) is 5.77. The Bertz CT molecular complexity index is 378. The second-order valence-corrected chi connectivity index (χ2v) is 5.77. The maximum atomic E-state index is 9.48. The summed E-state index contributed by atoms with van der Waals surface area (Å²) in [6.07, 6.45) is 1.73. The van der Waals surface area contributed by atoms with E-state index in [1.54, 1.807) is 0 Å². The van der Waals surface area contributed by atoms with Gasteiger partial charge in [0.05, 0.1) is 19.8 Å². The number of ether oxygens (including phenoxy) is 1. The molecule has 1 aromatic rings. The Labute approximate surface area is 121 Å². The summed E-state index contributed by atoms with van der Waals surface area (Å²) in [5.41, 5.74) is 0.629. The standard InChI is InChI=1S/C16H27NO3/c1-13(2)17-16(3,12-19)9-4-10-20-15-7-5-14(11-18)6-8-15/h5-8,13,17-19H,4,9-12H2,1-3H3. The van der Waals surface area contributed by atoms with Crippen molar-refractivity contribution in [2.75, 3.05) is 13.2 Å². The largest absolute Gasteiger partial charge is 0.494 e. The molecular formula is C16H27NO3. The average Bonchev–Trinajstić information content (AvgIpc) is 2.43. The summed E-state index contributed by atoms with van der Waals surface area (Å²) in [6.45, 7) is 6.98. The summed E-state index contributed by atoms with van der Waals surface area (Å²) in [5, 5.41) is 21.8. The number of aliphatic hydroxyl groups is 2. The molecule has 0 saturated heterocycles. The van der Waals surface area contributed by atoms with Crippen molar-refractivity contribution in [1.29, 1.82) is 0 Å². The summed E-state index contributed by atoms with van der Waals surface area (Å²) < 4.78 is 5.66. The Kier molecular flexibility index (Phi) is 6.99. The number of aliphatic hydroxyl groups excluding tert-OH is 2. The zero-order valence-corrected chi connectivity index (χ0v) is 12.7. The fraction of sp³-hybridized carbons (Fsp3) is 0.625. The number of benzene rings is 1. The van der Waals surface area contributed by atoms with Crippen LogP contribution in [0, 0.1) is 0 Å². The first-order valence-corrected chi connectivity index (χ1v) is 7.20. The second kappa shape index (κ2) is 8.25. The van der Waals surface area contributed by atoms with Gasteiger partial charge in [-0.15, -0.1) is 0 Å². The first kappa shape index (κ1) is 17.0. The van der Waals surface area contributed by atoms with Crippen molar-refractivity contribution in [2.24, 2.45) is 0 Å². The van der Waals surface area contributed by atoms with Crippen LogP contribution in [0.5, 0.6) is 5.75 Å². The summed E-state index contributed by atoms with van der Waals surface area (Å²) in [4.78, 5) is 0. The first-order chi connectivity index (χ1) is 9.49. The molecule has 0 radical (unpaired) electrons. The van der Waals surface area contributed by atoms with Crippen LogP contribution in [0.25, 0.3) is 0 Å². The number of hydrogen-bond donors (Lipinski definition) is 3. The molecule has 114 valence electrons. The normalized spacial score (nSPS) is 14.3. The summed E-state index contributed by atoms with van der Waals surface area (Å²) >= 11 is 0. The molecule has 1 unspecified atom stereocenters. The van der Waals surface area contributed by atoms with E-state index in [4.69, 9.17) is 9.84 Å². The third kappa shape index (κ3) is 5.90. The van der Waals surface area contributed by atoms with Crippen LogP contribution in [0.3, 0.4) is 0 Å². The van der Waals surface area contributed by atoms with Crippen LogP contribution in [0.2, 0.25) is 0 Å². The lowest BCUT2D eigenvalue weighted by Crippen LogP contribution is -2.49. The highest BCUT2D eigenvalue weighted by Crippen LogP contribution is 2.15. The van der Waals surface area contributed by atoms with Crippen molar-refractivity contribution in [1.82, 2.24) is 5.32 Å². The minimum atomic E-state index is -0.252. The van der Waals surface area contributed by atoms with E-state index in [9.17, 15) is 5.11 Å². The van der Waals surface area contributed by atoms with Crippen molar-refractivity contribution >= 4 is 0 Å². The van der Waals surface area contributed by atoms with Crippen molar-refractivity contribution in [2.45, 2.75) is 51.8 Å². The highest BCUT2D eigenvalue weighted by Gasteiger charge is 2.23. The molecule has 1 rings (SSSR count). The topological polar surface area (TPSA) is 61.7 Å². The fourth-order valence-electron chi connectivity index (χ4n) is 2.24. The molecule has 1 aromatic carbocycles. The molecule has 4 heteroatoms. The van der Waals surface area contributed by atoms with Gasteiger partial charge in [-0.3, -0.25) is 0 Å². The van der Waals surface area contributed by atoms with Crippen molar-refractivity contribution in [3.05, 3.63) is 29.8 Å². The van der Waals surface area contributed by atoms with Crippen LogP contribution in [-0.2, 0) is 6.61 Å². The lowest BCUT2D eigenvalue weighted by molar-refractivity contribution is 0.147. The molecule has 0 amide bonds. The monoisotopic (exact) mass is 281 g/mol. The van der Waals surface area contributed by atoms with Gasteiger partial charge in [-0.2, -0.15) is 0 Å². The highest BCUT2D eigenvalue weighted by atomic mass is 16.5. The molecule has 0 aliphatic carbocycles. The van der Waals surface area contributed by atoms with Crippen LogP contribution >= 0.6 is 0 Å². The van der Waals surface area contributed by atoms with Crippen molar-refractivity contribution in [3.63, 3.8) is 0 Å². The Hall–Kier alpha value is -1.10. The molecule has 0 aliphatic heterocycles. The lowest BCUT2D eigenvalue weighted by Gasteiger charge is -2.31. The van der Waals surface area contributed by atoms with Gasteiger partial charge in [0, 0.05) is 11.6 Å². The SMILES string of the molecule is CC(C)NC(C)(CO)CCCOc1ccc(CO)cc1. The fourth-order valence-corrected chi connectivity index (χ4v) is 2.24. The van der Waals surface area contributed by atoms with Gasteiger partial charge < -0.3 is 20.3 Å². The third-order valence-corrected chi connectivity index (χ3v) is 3.23. The third-order valence-electron chi connectivity index (χ3n) is 3.23. The van der Waals surface area contributed by atoms with Gasteiger partial charge in [-0.1, -0.05) is 26.0 Å². The van der Waals surface area contributed by atoms with Crippen molar-refractivity contribution < 1.29 is 14.9 Å². The van der Waals surface area contributed by atoms with Crippen LogP contribution in [0.1, 0.15) is 39.2 Å². The van der Waals surface area contributed by atoms with Gasteiger partial charge in [-0.25, -0.2) is 0 Å². The summed E-state index contributed by atoms with van der Waals surface area (Å²) in [7, 11) is 0. The van der Waals surface area contributed by atoms with Crippen LogP contribution in [0.4, 0.5) is 0 Å². The molecule has 0 heterocycles. The van der Waals surface area contributed by atoms with Gasteiger partial charge in [0.1, 0.15) is 5.75 Å². The average molecular weight is 281 g/mol. The predicted molar refractivity (Wildman–Crippen MR) is 80.9 cm³/mol. The number of rotatable bonds is 9. The maximum absolute atomic E-state index is 9.48. The first-order valence-electron chi connectivity index (χ1n) is 7.20. The van der Waals surface area contributed by atoms with Crippen LogP contribution < -0.4 is 10.1 Å².